The highest BCUT2D eigenvalue weighted by atomic mass is 32.2. The fourth-order valence-electron chi connectivity index (χ4n) is 4.45. The molecule has 0 aliphatic carbocycles. The van der Waals surface area contributed by atoms with E-state index in [0.29, 0.717) is 42.5 Å². The van der Waals surface area contributed by atoms with Crippen molar-refractivity contribution in [1.82, 2.24) is 4.90 Å². The summed E-state index contributed by atoms with van der Waals surface area (Å²) in [6, 6.07) is 9.17. The second-order valence-electron chi connectivity index (χ2n) is 8.16. The zero-order chi connectivity index (χ0) is 21.8. The van der Waals surface area contributed by atoms with Gasteiger partial charge in [-0.25, -0.2) is 8.42 Å². The van der Waals surface area contributed by atoms with Crippen molar-refractivity contribution < 1.29 is 27.4 Å². The number of carbonyl (C=O) groups excluding carboxylic acids is 1. The van der Waals surface area contributed by atoms with Gasteiger partial charge in [0.25, 0.3) is 0 Å². The van der Waals surface area contributed by atoms with E-state index >= 15 is 0 Å². The minimum atomic E-state index is -2.98. The molecule has 0 bridgehead atoms. The molecule has 0 N–H and O–H groups in total. The molecule has 1 saturated heterocycles. The van der Waals surface area contributed by atoms with Crippen LogP contribution in [0.25, 0.3) is 6.08 Å². The summed E-state index contributed by atoms with van der Waals surface area (Å²) in [5, 5.41) is 0. The molecule has 31 heavy (non-hydrogen) atoms. The number of nitrogens with zero attached hydrogens (tertiary/aromatic N) is 1. The Morgan fingerprint density at radius 1 is 1.23 bits per heavy atom. The molecule has 5 rings (SSSR count). The molecular formula is C23H23NO6S. The number of hydrogen-bond acceptors (Lipinski definition) is 7. The number of allylic oxidation sites excluding steroid dienone is 1. The molecule has 3 aliphatic heterocycles. The number of fused-ring (bicyclic) bond motifs is 2. The van der Waals surface area contributed by atoms with Crippen LogP contribution in [0.5, 0.6) is 17.2 Å². The van der Waals surface area contributed by atoms with Crippen LogP contribution < -0.4 is 14.2 Å². The van der Waals surface area contributed by atoms with Crippen LogP contribution >= 0.6 is 0 Å². The van der Waals surface area contributed by atoms with Crippen LogP contribution in [-0.4, -0.2) is 50.5 Å². The van der Waals surface area contributed by atoms with Crippen molar-refractivity contribution in [2.75, 3.05) is 25.3 Å². The average Bonchev–Trinajstić information content (AvgIpc) is 3.28. The van der Waals surface area contributed by atoms with Crippen LogP contribution in [0.1, 0.15) is 33.5 Å². The van der Waals surface area contributed by atoms with Crippen LogP contribution in [0, 0.1) is 6.92 Å². The highest BCUT2D eigenvalue weighted by molar-refractivity contribution is 7.91. The summed E-state index contributed by atoms with van der Waals surface area (Å²) in [6.07, 6.45) is 2.32. The van der Waals surface area contributed by atoms with Gasteiger partial charge in [0, 0.05) is 23.7 Å². The highest BCUT2D eigenvalue weighted by Crippen LogP contribution is 2.43. The standard InChI is InChI=1S/C23H23NO6S/c1-14-22-16(11-24(13-29-22)17-6-7-31(26,27)12-17)10-19-21(25)20(30-23(14)19)9-15-4-3-5-18(8-15)28-2/h3-5,8-10,17H,6-7,11-13H2,1-2H3/t17-/m0/s1. The summed E-state index contributed by atoms with van der Waals surface area (Å²) in [7, 11) is -1.38. The minimum Gasteiger partial charge on any atom is -0.497 e. The van der Waals surface area contributed by atoms with Gasteiger partial charge in [-0.05, 0) is 43.2 Å². The number of methoxy groups -OCH3 is 1. The van der Waals surface area contributed by atoms with Crippen molar-refractivity contribution in [3.8, 4) is 17.2 Å². The lowest BCUT2D eigenvalue weighted by Gasteiger charge is -2.33. The lowest BCUT2D eigenvalue weighted by molar-refractivity contribution is 0.0637. The van der Waals surface area contributed by atoms with Gasteiger partial charge in [-0.15, -0.1) is 0 Å². The largest absolute Gasteiger partial charge is 0.497 e. The molecular weight excluding hydrogens is 418 g/mol. The summed E-state index contributed by atoms with van der Waals surface area (Å²) >= 11 is 0. The first-order valence-corrected chi connectivity index (χ1v) is 12.0. The molecule has 2 aromatic rings. The van der Waals surface area contributed by atoms with Crippen molar-refractivity contribution in [3.63, 3.8) is 0 Å². The second kappa shape index (κ2) is 7.39. The number of benzene rings is 2. The summed E-state index contributed by atoms with van der Waals surface area (Å²) in [4.78, 5) is 15.1. The maximum Gasteiger partial charge on any atom is 0.231 e. The van der Waals surface area contributed by atoms with Crippen molar-refractivity contribution >= 4 is 21.7 Å². The van der Waals surface area contributed by atoms with Crippen molar-refractivity contribution in [1.29, 1.82) is 0 Å². The van der Waals surface area contributed by atoms with E-state index in [1.54, 1.807) is 13.2 Å². The number of sulfone groups is 1. The molecule has 0 spiro atoms. The average molecular weight is 442 g/mol. The van der Waals surface area contributed by atoms with Gasteiger partial charge in [-0.3, -0.25) is 9.69 Å². The van der Waals surface area contributed by atoms with Gasteiger partial charge >= 0.3 is 0 Å². The van der Waals surface area contributed by atoms with Crippen LogP contribution in [-0.2, 0) is 16.4 Å². The molecule has 2 aromatic carbocycles. The number of hydrogen-bond donors (Lipinski definition) is 0. The molecule has 3 heterocycles. The van der Waals surface area contributed by atoms with Crippen LogP contribution in [0.2, 0.25) is 0 Å². The third-order valence-electron chi connectivity index (χ3n) is 6.08. The Morgan fingerprint density at radius 2 is 2.06 bits per heavy atom. The van der Waals surface area contributed by atoms with Crippen LogP contribution in [0.4, 0.5) is 0 Å². The summed E-state index contributed by atoms with van der Waals surface area (Å²) in [5.41, 5.74) is 2.98. The van der Waals surface area contributed by atoms with E-state index in [2.05, 4.69) is 0 Å². The first-order valence-electron chi connectivity index (χ1n) is 10.2. The molecule has 162 valence electrons. The summed E-state index contributed by atoms with van der Waals surface area (Å²) in [6.45, 7) is 2.76. The maximum absolute atomic E-state index is 13.1. The first kappa shape index (κ1) is 20.1. The summed E-state index contributed by atoms with van der Waals surface area (Å²) < 4.78 is 40.9. The van der Waals surface area contributed by atoms with E-state index in [-0.39, 0.29) is 29.1 Å². The van der Waals surface area contributed by atoms with Gasteiger partial charge in [0.1, 0.15) is 24.0 Å². The Morgan fingerprint density at radius 3 is 2.81 bits per heavy atom. The molecule has 0 unspecified atom stereocenters. The molecule has 1 atom stereocenters. The predicted molar refractivity (Wildman–Crippen MR) is 115 cm³/mol. The zero-order valence-electron chi connectivity index (χ0n) is 17.4. The number of Topliss-reactive ketones (excluding diaryl/α,β-unsaturated/α-hetero) is 1. The molecule has 8 heteroatoms. The SMILES string of the molecule is COc1cccc(C=C2Oc3c(cc4c(c3C)OCN([C@H]3CCS(=O)(=O)C3)C4)C2=O)c1. The Kier molecular flexibility index (Phi) is 4.79. The molecule has 1 fully saturated rings. The topological polar surface area (TPSA) is 82.1 Å². The van der Waals surface area contributed by atoms with Crippen LogP contribution in [0.3, 0.4) is 0 Å². The van der Waals surface area contributed by atoms with Gasteiger partial charge in [-0.1, -0.05) is 12.1 Å². The van der Waals surface area contributed by atoms with Gasteiger partial charge in [-0.2, -0.15) is 0 Å². The molecule has 0 radical (unpaired) electrons. The number of rotatable bonds is 3. The molecule has 0 amide bonds. The fraction of sp³-hybridized carbons (Fsp3) is 0.348. The monoisotopic (exact) mass is 441 g/mol. The normalized spacial score (nSPS) is 23.2. The first-order chi connectivity index (χ1) is 14.8. The van der Waals surface area contributed by atoms with Gasteiger partial charge in [0.15, 0.2) is 15.6 Å². The van der Waals surface area contributed by atoms with Crippen LogP contribution in [0.15, 0.2) is 36.1 Å². The molecule has 0 saturated carbocycles. The lowest BCUT2D eigenvalue weighted by Crippen LogP contribution is -2.41. The summed E-state index contributed by atoms with van der Waals surface area (Å²) in [5.74, 6) is 2.39. The molecule has 7 nitrogen and oxygen atoms in total. The number of carbonyl (C=O) groups is 1. The van der Waals surface area contributed by atoms with Gasteiger partial charge < -0.3 is 14.2 Å². The number of ketones is 1. The third kappa shape index (κ3) is 3.59. The van der Waals surface area contributed by atoms with Crippen molar-refractivity contribution in [2.24, 2.45) is 0 Å². The van der Waals surface area contributed by atoms with E-state index < -0.39 is 9.84 Å². The van der Waals surface area contributed by atoms with Crippen molar-refractivity contribution in [2.45, 2.75) is 25.9 Å². The predicted octanol–water partition coefficient (Wildman–Crippen LogP) is 2.96. The van der Waals surface area contributed by atoms with E-state index in [0.717, 1.165) is 16.7 Å². The minimum absolute atomic E-state index is 0.0535. The Bertz CT molecular complexity index is 1220. The Balaban J connectivity index is 1.44. The maximum atomic E-state index is 13.1. The third-order valence-corrected chi connectivity index (χ3v) is 7.83. The van der Waals surface area contributed by atoms with Crippen molar-refractivity contribution in [3.05, 3.63) is 58.3 Å². The van der Waals surface area contributed by atoms with E-state index in [4.69, 9.17) is 14.2 Å². The smallest absolute Gasteiger partial charge is 0.231 e. The van der Waals surface area contributed by atoms with E-state index in [1.807, 2.05) is 42.2 Å². The van der Waals surface area contributed by atoms with E-state index in [1.165, 1.54) is 0 Å². The Labute approximate surface area is 181 Å². The zero-order valence-corrected chi connectivity index (χ0v) is 18.2. The quantitative estimate of drug-likeness (QED) is 0.678. The second-order valence-corrected chi connectivity index (χ2v) is 10.4. The number of ether oxygens (including phenoxy) is 3. The van der Waals surface area contributed by atoms with Gasteiger partial charge in [0.2, 0.25) is 5.78 Å². The Hall–Kier alpha value is -2.84. The van der Waals surface area contributed by atoms with Gasteiger partial charge in [0.05, 0.1) is 24.2 Å². The lowest BCUT2D eigenvalue weighted by atomic mass is 9.99. The molecule has 3 aliphatic rings. The highest BCUT2D eigenvalue weighted by Gasteiger charge is 2.37. The molecule has 0 aromatic heterocycles. The van der Waals surface area contributed by atoms with E-state index in [9.17, 15) is 13.2 Å². The fourth-order valence-corrected chi connectivity index (χ4v) is 6.21.